The van der Waals surface area contributed by atoms with Crippen LogP contribution in [-0.2, 0) is 11.2 Å². The molecule has 1 aliphatic rings. The fourth-order valence-electron chi connectivity index (χ4n) is 2.85. The van der Waals surface area contributed by atoms with Crippen LogP contribution in [0.5, 0.6) is 0 Å². The van der Waals surface area contributed by atoms with E-state index in [-0.39, 0.29) is 17.5 Å². The first-order valence-corrected chi connectivity index (χ1v) is 7.74. The number of rotatable bonds is 5. The van der Waals surface area contributed by atoms with Crippen molar-refractivity contribution < 1.29 is 4.79 Å². The van der Waals surface area contributed by atoms with Gasteiger partial charge in [0.15, 0.2) is 0 Å². The third kappa shape index (κ3) is 3.53. The molecule has 3 nitrogen and oxygen atoms in total. The highest BCUT2D eigenvalue weighted by Gasteiger charge is 2.39. The van der Waals surface area contributed by atoms with Crippen molar-refractivity contribution in [1.29, 1.82) is 0 Å². The first kappa shape index (κ1) is 15.3. The van der Waals surface area contributed by atoms with E-state index in [1.807, 2.05) is 31.2 Å². The van der Waals surface area contributed by atoms with E-state index in [2.05, 4.69) is 17.6 Å². The summed E-state index contributed by atoms with van der Waals surface area (Å²) in [5.74, 6) is 0.138. The number of carbonyl (C=O) groups excluding carboxylic acids is 1. The molecule has 1 aromatic rings. The van der Waals surface area contributed by atoms with Crippen LogP contribution in [-0.4, -0.2) is 24.0 Å². The fraction of sp³-hybridized carbons (Fsp3) is 0.562. The second-order valence-electron chi connectivity index (χ2n) is 5.67. The number of amides is 1. The molecule has 110 valence electrons. The predicted octanol–water partition coefficient (Wildman–Crippen LogP) is 2.92. The van der Waals surface area contributed by atoms with Crippen molar-refractivity contribution in [3.05, 3.63) is 34.9 Å². The van der Waals surface area contributed by atoms with E-state index < -0.39 is 0 Å². The Labute approximate surface area is 126 Å². The van der Waals surface area contributed by atoms with Crippen LogP contribution in [0.4, 0.5) is 0 Å². The fourth-order valence-corrected chi connectivity index (χ4v) is 2.98. The lowest BCUT2D eigenvalue weighted by Crippen LogP contribution is -2.55. The summed E-state index contributed by atoms with van der Waals surface area (Å²) in [6.07, 6.45) is 3.67. The van der Waals surface area contributed by atoms with Crippen molar-refractivity contribution in [2.75, 3.05) is 6.54 Å². The Morgan fingerprint density at radius 2 is 2.15 bits per heavy atom. The Kier molecular flexibility index (Phi) is 5.06. The van der Waals surface area contributed by atoms with Crippen LogP contribution in [0.3, 0.4) is 0 Å². The van der Waals surface area contributed by atoms with Gasteiger partial charge in [0.1, 0.15) is 0 Å². The largest absolute Gasteiger partial charge is 0.352 e. The van der Waals surface area contributed by atoms with Gasteiger partial charge in [0.05, 0.1) is 5.54 Å². The van der Waals surface area contributed by atoms with Gasteiger partial charge in [-0.25, -0.2) is 0 Å². The van der Waals surface area contributed by atoms with Crippen LogP contribution in [0.25, 0.3) is 0 Å². The summed E-state index contributed by atoms with van der Waals surface area (Å²) in [4.78, 5) is 12.5. The Balaban J connectivity index is 1.92. The lowest BCUT2D eigenvalue weighted by atomic mass is 9.92. The standard InChI is InChI=1S/C16H23ClN2O/c1-3-16(9-4-10-18-16)15(20)19-12(2)11-13-5-7-14(17)8-6-13/h5-8,12,18H,3-4,9-11H2,1-2H3,(H,19,20). The van der Waals surface area contributed by atoms with Crippen LogP contribution in [0.15, 0.2) is 24.3 Å². The van der Waals surface area contributed by atoms with Gasteiger partial charge in [-0.15, -0.1) is 0 Å². The molecule has 1 fully saturated rings. The molecular weight excluding hydrogens is 272 g/mol. The van der Waals surface area contributed by atoms with Crippen LogP contribution in [0, 0.1) is 0 Å². The first-order valence-electron chi connectivity index (χ1n) is 7.36. The van der Waals surface area contributed by atoms with Crippen molar-refractivity contribution in [2.45, 2.75) is 51.1 Å². The Bertz CT molecular complexity index is 452. The zero-order valence-corrected chi connectivity index (χ0v) is 13.0. The second-order valence-corrected chi connectivity index (χ2v) is 6.11. The summed E-state index contributed by atoms with van der Waals surface area (Å²) in [7, 11) is 0. The summed E-state index contributed by atoms with van der Waals surface area (Å²) >= 11 is 5.88. The highest BCUT2D eigenvalue weighted by molar-refractivity contribution is 6.30. The van der Waals surface area contributed by atoms with Crippen LogP contribution < -0.4 is 10.6 Å². The number of halogens is 1. The minimum Gasteiger partial charge on any atom is -0.352 e. The van der Waals surface area contributed by atoms with Gasteiger partial charge in [-0.05, 0) is 56.8 Å². The monoisotopic (exact) mass is 294 g/mol. The summed E-state index contributed by atoms with van der Waals surface area (Å²) in [6, 6.07) is 7.91. The van der Waals surface area contributed by atoms with E-state index in [9.17, 15) is 4.79 Å². The molecule has 1 saturated heterocycles. The molecule has 1 heterocycles. The van der Waals surface area contributed by atoms with Crippen LogP contribution in [0.2, 0.25) is 5.02 Å². The van der Waals surface area contributed by atoms with Crippen LogP contribution in [0.1, 0.15) is 38.7 Å². The van der Waals surface area contributed by atoms with Gasteiger partial charge in [-0.3, -0.25) is 4.79 Å². The normalized spacial score (nSPS) is 23.6. The molecule has 1 amide bonds. The molecule has 0 aliphatic carbocycles. The second kappa shape index (κ2) is 6.59. The molecule has 2 rings (SSSR count). The van der Waals surface area contributed by atoms with E-state index in [1.54, 1.807) is 0 Å². The number of nitrogens with one attached hydrogen (secondary N) is 2. The maximum atomic E-state index is 12.5. The topological polar surface area (TPSA) is 41.1 Å². The molecule has 2 unspecified atom stereocenters. The highest BCUT2D eigenvalue weighted by Crippen LogP contribution is 2.23. The highest BCUT2D eigenvalue weighted by atomic mass is 35.5. The third-order valence-electron chi connectivity index (χ3n) is 4.11. The van der Waals surface area contributed by atoms with E-state index in [4.69, 9.17) is 11.6 Å². The Morgan fingerprint density at radius 3 is 2.70 bits per heavy atom. The molecule has 0 aromatic heterocycles. The van der Waals surface area contributed by atoms with Gasteiger partial charge in [0.2, 0.25) is 5.91 Å². The van der Waals surface area contributed by atoms with Crippen molar-refractivity contribution in [3.8, 4) is 0 Å². The zero-order chi connectivity index (χ0) is 14.6. The van der Waals surface area contributed by atoms with Gasteiger partial charge in [-0.1, -0.05) is 30.7 Å². The molecule has 1 aromatic carbocycles. The predicted molar refractivity (Wildman–Crippen MR) is 83.0 cm³/mol. The molecule has 0 bridgehead atoms. The van der Waals surface area contributed by atoms with Crippen molar-refractivity contribution in [1.82, 2.24) is 10.6 Å². The molecule has 4 heteroatoms. The lowest BCUT2D eigenvalue weighted by molar-refractivity contribution is -0.127. The van der Waals surface area contributed by atoms with E-state index in [1.165, 1.54) is 5.56 Å². The molecule has 1 aliphatic heterocycles. The van der Waals surface area contributed by atoms with Crippen molar-refractivity contribution >= 4 is 17.5 Å². The summed E-state index contributed by atoms with van der Waals surface area (Å²) in [5, 5.41) is 7.25. The molecule has 0 spiro atoms. The van der Waals surface area contributed by atoms with Gasteiger partial charge < -0.3 is 10.6 Å². The maximum absolute atomic E-state index is 12.5. The molecule has 2 N–H and O–H groups in total. The lowest BCUT2D eigenvalue weighted by Gasteiger charge is -2.28. The number of benzene rings is 1. The van der Waals surface area contributed by atoms with E-state index in [0.29, 0.717) is 0 Å². The molecule has 2 atom stereocenters. The van der Waals surface area contributed by atoms with Crippen LogP contribution >= 0.6 is 11.6 Å². The first-order chi connectivity index (χ1) is 9.55. The van der Waals surface area contributed by atoms with Gasteiger partial charge in [-0.2, -0.15) is 0 Å². The number of hydrogen-bond acceptors (Lipinski definition) is 2. The molecule has 0 radical (unpaired) electrons. The SMILES string of the molecule is CCC1(C(=O)NC(C)Cc2ccc(Cl)cc2)CCCN1. The van der Waals surface area contributed by atoms with E-state index >= 15 is 0 Å². The molecule has 20 heavy (non-hydrogen) atoms. The Hall–Kier alpha value is -1.06. The smallest absolute Gasteiger partial charge is 0.240 e. The minimum atomic E-state index is -0.353. The zero-order valence-electron chi connectivity index (χ0n) is 12.2. The minimum absolute atomic E-state index is 0.120. The maximum Gasteiger partial charge on any atom is 0.240 e. The third-order valence-corrected chi connectivity index (χ3v) is 4.37. The number of hydrogen-bond donors (Lipinski definition) is 2. The van der Waals surface area contributed by atoms with Gasteiger partial charge in [0.25, 0.3) is 0 Å². The summed E-state index contributed by atoms with van der Waals surface area (Å²) < 4.78 is 0. The Morgan fingerprint density at radius 1 is 1.45 bits per heavy atom. The van der Waals surface area contributed by atoms with Gasteiger partial charge >= 0.3 is 0 Å². The summed E-state index contributed by atoms with van der Waals surface area (Å²) in [5.41, 5.74) is 0.834. The average molecular weight is 295 g/mol. The molecule has 0 saturated carbocycles. The van der Waals surface area contributed by atoms with Crippen molar-refractivity contribution in [3.63, 3.8) is 0 Å². The molecular formula is C16H23ClN2O. The number of carbonyl (C=O) groups is 1. The average Bonchev–Trinajstić information content (AvgIpc) is 2.91. The van der Waals surface area contributed by atoms with E-state index in [0.717, 1.165) is 37.3 Å². The van der Waals surface area contributed by atoms with Gasteiger partial charge in [0, 0.05) is 11.1 Å². The van der Waals surface area contributed by atoms with Crippen molar-refractivity contribution in [2.24, 2.45) is 0 Å². The summed E-state index contributed by atoms with van der Waals surface area (Å²) in [6.45, 7) is 5.05. The quantitative estimate of drug-likeness (QED) is 0.877.